The average Bonchev–Trinajstić information content (AvgIpc) is 3.70. The molecule has 0 spiro atoms. The standard InChI is InChI=1S/C32H28N2O2.2C4H9.Sn/c1-20-4-10-23(11-5-20)30(26-16-18-28(33-26)31(35)24-12-6-21(2)7-13-24)27-17-19-29(34-27)32(36)25-14-8-22(3)9-15-25;2*1-3-4-2;/h4-19,30H,1-3H3,(H2,33,34,35,36);2*1,3-4H2,2H3;/q;;;+2/p-2. The maximum atomic E-state index is 14.5. The Balaban J connectivity index is 1.66. The van der Waals surface area contributed by atoms with Crippen LogP contribution < -0.4 is 0 Å². The third-order valence-corrected chi connectivity index (χ3v) is 23.8. The Hall–Kier alpha value is -3.64. The molecule has 1 aliphatic rings. The van der Waals surface area contributed by atoms with Gasteiger partial charge in [0.2, 0.25) is 0 Å². The van der Waals surface area contributed by atoms with E-state index in [0.717, 1.165) is 57.1 Å². The van der Waals surface area contributed by atoms with E-state index in [2.05, 4.69) is 88.7 Å². The van der Waals surface area contributed by atoms with Crippen molar-refractivity contribution in [1.82, 2.24) is 5.58 Å². The zero-order chi connectivity index (χ0) is 31.7. The van der Waals surface area contributed by atoms with Crippen LogP contribution in [0, 0.1) is 20.8 Å². The van der Waals surface area contributed by atoms with Crippen molar-refractivity contribution in [1.29, 1.82) is 0 Å². The Kier molecular flexibility index (Phi) is 9.05. The number of nitrogens with zero attached hydrogens (tertiary/aromatic N) is 2. The first-order chi connectivity index (χ1) is 21.8. The van der Waals surface area contributed by atoms with Crippen LogP contribution in [-0.4, -0.2) is 36.1 Å². The number of ketones is 2. The third kappa shape index (κ3) is 5.67. The van der Waals surface area contributed by atoms with Gasteiger partial charge in [-0.15, -0.1) is 0 Å². The van der Waals surface area contributed by atoms with Gasteiger partial charge in [-0.05, 0) is 0 Å². The molecule has 4 nitrogen and oxygen atoms in total. The second-order valence-corrected chi connectivity index (χ2v) is 23.9. The van der Waals surface area contributed by atoms with E-state index in [1.807, 2.05) is 48.5 Å². The van der Waals surface area contributed by atoms with E-state index in [-0.39, 0.29) is 17.5 Å². The van der Waals surface area contributed by atoms with Crippen LogP contribution in [-0.2, 0) is 0 Å². The molecular formula is C40H44N2O2Sn. The summed E-state index contributed by atoms with van der Waals surface area (Å²) < 4.78 is 7.20. The van der Waals surface area contributed by atoms with Crippen LogP contribution in [0.1, 0.15) is 111 Å². The number of carbonyl (C=O) groups is 2. The van der Waals surface area contributed by atoms with Crippen molar-refractivity contribution in [3.63, 3.8) is 0 Å². The first-order valence-corrected chi connectivity index (χ1v) is 23.1. The van der Waals surface area contributed by atoms with Gasteiger partial charge >= 0.3 is 274 Å². The molecule has 3 aromatic carbocycles. The number of aromatic nitrogens is 2. The van der Waals surface area contributed by atoms with E-state index in [1.165, 1.54) is 22.5 Å². The topological polar surface area (TPSA) is 44.0 Å². The first-order valence-electron chi connectivity index (χ1n) is 16.5. The molecule has 0 saturated carbocycles. The van der Waals surface area contributed by atoms with Crippen molar-refractivity contribution in [2.75, 3.05) is 0 Å². The van der Waals surface area contributed by atoms with E-state index >= 15 is 0 Å². The zero-order valence-corrected chi connectivity index (χ0v) is 30.1. The van der Waals surface area contributed by atoms with Gasteiger partial charge < -0.3 is 0 Å². The number of fused-ring (bicyclic) bond motifs is 2. The Morgan fingerprint density at radius 2 is 0.933 bits per heavy atom. The molecule has 0 bridgehead atoms. The van der Waals surface area contributed by atoms with Crippen molar-refractivity contribution in [3.8, 4) is 0 Å². The predicted molar refractivity (Wildman–Crippen MR) is 186 cm³/mol. The summed E-state index contributed by atoms with van der Waals surface area (Å²) in [6.07, 6.45) is 4.28. The summed E-state index contributed by atoms with van der Waals surface area (Å²) in [4.78, 5) is 28.9. The molecule has 0 fully saturated rings. The third-order valence-electron chi connectivity index (χ3n) is 9.61. The summed E-state index contributed by atoms with van der Waals surface area (Å²) in [7, 11) is 0. The van der Waals surface area contributed by atoms with Gasteiger partial charge in [0.1, 0.15) is 0 Å². The zero-order valence-electron chi connectivity index (χ0n) is 27.3. The van der Waals surface area contributed by atoms with E-state index in [4.69, 9.17) is 0 Å². The fourth-order valence-corrected chi connectivity index (χ4v) is 23.7. The molecule has 3 heterocycles. The monoisotopic (exact) mass is 704 g/mol. The molecule has 2 aromatic heterocycles. The summed E-state index contributed by atoms with van der Waals surface area (Å²) in [5.41, 5.74) is 10.1. The van der Waals surface area contributed by atoms with Crippen LogP contribution in [0.5, 0.6) is 0 Å². The van der Waals surface area contributed by atoms with Gasteiger partial charge in [-0.25, -0.2) is 0 Å². The van der Waals surface area contributed by atoms with Crippen LogP contribution in [0.2, 0.25) is 8.87 Å². The van der Waals surface area contributed by atoms with Crippen LogP contribution in [0.3, 0.4) is 0 Å². The normalized spacial score (nSPS) is 13.8. The van der Waals surface area contributed by atoms with Crippen molar-refractivity contribution in [3.05, 3.63) is 153 Å². The molecule has 5 aromatic rings. The summed E-state index contributed by atoms with van der Waals surface area (Å²) in [6.45, 7) is 10.7. The molecule has 230 valence electrons. The van der Waals surface area contributed by atoms with Crippen molar-refractivity contribution in [2.24, 2.45) is 0 Å². The fraction of sp³-hybridized carbons (Fsp3) is 0.300. The summed E-state index contributed by atoms with van der Waals surface area (Å²) in [5.74, 6) is 0.0674. The summed E-state index contributed by atoms with van der Waals surface area (Å²) >= 11 is -3.86. The number of unbranched alkanes of at least 4 members (excludes halogenated alkanes) is 2. The van der Waals surface area contributed by atoms with E-state index < -0.39 is 18.9 Å². The predicted octanol–water partition coefficient (Wildman–Crippen LogP) is 9.61. The molecule has 6 rings (SSSR count). The van der Waals surface area contributed by atoms with Crippen molar-refractivity contribution < 1.29 is 9.59 Å². The second-order valence-electron chi connectivity index (χ2n) is 12.9. The van der Waals surface area contributed by atoms with Crippen molar-refractivity contribution >= 4 is 30.5 Å². The average molecular weight is 704 g/mol. The molecule has 0 saturated heterocycles. The minimum absolute atomic E-state index is 0.0694. The quantitative estimate of drug-likeness (QED) is 0.102. The Morgan fingerprint density at radius 3 is 1.31 bits per heavy atom. The molecule has 0 aliphatic carbocycles. The van der Waals surface area contributed by atoms with Crippen LogP contribution in [0.4, 0.5) is 0 Å². The molecule has 0 atom stereocenters. The minimum atomic E-state index is -3.86. The fourth-order valence-electron chi connectivity index (χ4n) is 7.19. The maximum absolute atomic E-state index is 14.5. The molecule has 5 heteroatoms. The summed E-state index contributed by atoms with van der Waals surface area (Å²) in [5, 5.41) is 0. The number of benzene rings is 3. The molecular weight excluding hydrogens is 659 g/mol. The number of hydrogen-bond acceptors (Lipinski definition) is 2. The van der Waals surface area contributed by atoms with Crippen LogP contribution in [0.25, 0.3) is 0 Å². The SMILES string of the molecule is CCC[CH2][Sn]1([CH2]CCC)[n]2c(C(=O)c3ccc(C)cc3)ccc2C(c2ccc(C)cc2)c2ccc(C(=O)c3ccc(C)cc3)[n]21. The van der Waals surface area contributed by atoms with Crippen molar-refractivity contribution in [2.45, 2.75) is 75.1 Å². The van der Waals surface area contributed by atoms with Crippen LogP contribution in [0.15, 0.2) is 97.1 Å². The second kappa shape index (κ2) is 13.0. The van der Waals surface area contributed by atoms with Gasteiger partial charge in [0.05, 0.1) is 0 Å². The molecule has 0 unspecified atom stereocenters. The van der Waals surface area contributed by atoms with Gasteiger partial charge in [-0.2, -0.15) is 0 Å². The molecule has 1 aliphatic heterocycles. The molecule has 0 N–H and O–H groups in total. The first kappa shape index (κ1) is 31.3. The van der Waals surface area contributed by atoms with Gasteiger partial charge in [0.25, 0.3) is 0 Å². The van der Waals surface area contributed by atoms with Gasteiger partial charge in [0.15, 0.2) is 0 Å². The molecule has 0 amide bonds. The van der Waals surface area contributed by atoms with Gasteiger partial charge in [-0.1, -0.05) is 0 Å². The van der Waals surface area contributed by atoms with Gasteiger partial charge in [0, 0.05) is 0 Å². The Labute approximate surface area is 272 Å². The van der Waals surface area contributed by atoms with E-state index in [1.54, 1.807) is 0 Å². The Morgan fingerprint density at radius 1 is 0.556 bits per heavy atom. The van der Waals surface area contributed by atoms with E-state index in [0.29, 0.717) is 11.1 Å². The Bertz CT molecular complexity index is 1710. The number of aryl methyl sites for hydroxylation is 3. The number of rotatable bonds is 11. The molecule has 0 radical (unpaired) electrons. The molecule has 45 heavy (non-hydrogen) atoms. The van der Waals surface area contributed by atoms with Gasteiger partial charge in [-0.3, -0.25) is 0 Å². The number of hydrogen-bond donors (Lipinski definition) is 0. The van der Waals surface area contributed by atoms with E-state index in [9.17, 15) is 9.59 Å². The number of carbonyl (C=O) groups excluding carboxylic acids is 2. The van der Waals surface area contributed by atoms with Crippen LogP contribution >= 0.6 is 0 Å². The summed E-state index contributed by atoms with van der Waals surface area (Å²) in [6, 6.07) is 33.3.